The van der Waals surface area contributed by atoms with Gasteiger partial charge in [0.05, 0.1) is 5.39 Å². The van der Waals surface area contributed by atoms with E-state index in [0.29, 0.717) is 35.4 Å². The zero-order valence-corrected chi connectivity index (χ0v) is 17.6. The fraction of sp³-hybridized carbons (Fsp3) is 0.318. The van der Waals surface area contributed by atoms with Crippen molar-refractivity contribution in [2.45, 2.75) is 19.3 Å². The summed E-state index contributed by atoms with van der Waals surface area (Å²) in [5.74, 6) is -0.232. The van der Waals surface area contributed by atoms with Crippen molar-refractivity contribution < 1.29 is 9.59 Å². The molecular weight excluding hydrogens is 398 g/mol. The van der Waals surface area contributed by atoms with Crippen molar-refractivity contribution in [3.8, 4) is 0 Å². The first-order chi connectivity index (χ1) is 14.8. The van der Waals surface area contributed by atoms with Crippen LogP contribution < -0.4 is 16.6 Å². The van der Waals surface area contributed by atoms with E-state index >= 15 is 0 Å². The smallest absolute Gasteiger partial charge is 0.332 e. The molecule has 1 unspecified atom stereocenters. The van der Waals surface area contributed by atoms with Gasteiger partial charge in [0.1, 0.15) is 5.65 Å². The average molecular weight is 421 g/mol. The Kier molecular flexibility index (Phi) is 5.18. The highest BCUT2D eigenvalue weighted by molar-refractivity contribution is 5.95. The lowest BCUT2D eigenvalue weighted by atomic mass is 10.0. The summed E-state index contributed by atoms with van der Waals surface area (Å²) >= 11 is 0. The number of nitrogens with zero attached hydrogens (tertiary/aromatic N) is 4. The van der Waals surface area contributed by atoms with E-state index in [1.165, 1.54) is 18.5 Å². The zero-order chi connectivity index (χ0) is 22.3. The van der Waals surface area contributed by atoms with Gasteiger partial charge >= 0.3 is 5.69 Å². The van der Waals surface area contributed by atoms with Crippen LogP contribution in [0.2, 0.25) is 0 Å². The monoisotopic (exact) mass is 421 g/mol. The molecule has 2 amide bonds. The molecule has 0 saturated carbocycles. The quantitative estimate of drug-likeness (QED) is 0.684. The highest BCUT2D eigenvalue weighted by Crippen LogP contribution is 2.28. The number of rotatable bonds is 3. The second kappa shape index (κ2) is 7.82. The Balaban J connectivity index is 1.55. The van der Waals surface area contributed by atoms with Gasteiger partial charge in [-0.15, -0.1) is 0 Å². The maximum Gasteiger partial charge on any atom is 0.332 e. The summed E-state index contributed by atoms with van der Waals surface area (Å²) in [6, 6.07) is 10.3. The van der Waals surface area contributed by atoms with Gasteiger partial charge < -0.3 is 10.2 Å². The molecule has 3 aromatic rings. The summed E-state index contributed by atoms with van der Waals surface area (Å²) in [7, 11) is 3.04. The fourth-order valence-corrected chi connectivity index (χ4v) is 3.96. The second-order valence-electron chi connectivity index (χ2n) is 7.81. The van der Waals surface area contributed by atoms with Crippen LogP contribution in [0.5, 0.6) is 0 Å². The van der Waals surface area contributed by atoms with E-state index in [4.69, 9.17) is 0 Å². The zero-order valence-electron chi connectivity index (χ0n) is 17.6. The van der Waals surface area contributed by atoms with Crippen LogP contribution in [0.15, 0.2) is 46.0 Å². The molecule has 1 N–H and O–H groups in total. The Morgan fingerprint density at radius 3 is 2.42 bits per heavy atom. The van der Waals surface area contributed by atoms with Gasteiger partial charge in [0.15, 0.2) is 0 Å². The van der Waals surface area contributed by atoms with Gasteiger partial charge in [-0.25, -0.2) is 9.78 Å². The SMILES string of the molecule is CC(=O)Nc1ccc(C(=O)N2CCC(c3ccc4c(=O)n(C)c(=O)n(C)c4n3)C2)cc1. The minimum atomic E-state index is -0.423. The number of hydrogen-bond acceptors (Lipinski definition) is 5. The van der Waals surface area contributed by atoms with Crippen molar-refractivity contribution in [3.05, 3.63) is 68.5 Å². The first-order valence-corrected chi connectivity index (χ1v) is 10.00. The molecule has 1 fully saturated rings. The van der Waals surface area contributed by atoms with Crippen LogP contribution in [0.25, 0.3) is 11.0 Å². The number of benzene rings is 1. The number of fused-ring (bicyclic) bond motifs is 1. The van der Waals surface area contributed by atoms with Gasteiger partial charge in [-0.3, -0.25) is 23.5 Å². The van der Waals surface area contributed by atoms with Crippen LogP contribution in [-0.2, 0) is 18.9 Å². The van der Waals surface area contributed by atoms with Crippen molar-refractivity contribution >= 4 is 28.5 Å². The molecule has 1 aliphatic rings. The molecule has 9 nitrogen and oxygen atoms in total. The van der Waals surface area contributed by atoms with Crippen LogP contribution in [0.3, 0.4) is 0 Å². The highest BCUT2D eigenvalue weighted by Gasteiger charge is 2.29. The molecule has 0 spiro atoms. The first-order valence-electron chi connectivity index (χ1n) is 10.00. The average Bonchev–Trinajstić information content (AvgIpc) is 3.26. The maximum absolute atomic E-state index is 12.9. The van der Waals surface area contributed by atoms with Gasteiger partial charge in [0, 0.05) is 57.0 Å². The third-order valence-electron chi connectivity index (χ3n) is 5.67. The normalized spacial score (nSPS) is 16.0. The first kappa shape index (κ1) is 20.5. The fourth-order valence-electron chi connectivity index (χ4n) is 3.96. The molecule has 0 aliphatic carbocycles. The lowest BCUT2D eigenvalue weighted by Gasteiger charge is -2.17. The van der Waals surface area contributed by atoms with E-state index in [1.54, 1.807) is 48.3 Å². The van der Waals surface area contributed by atoms with Gasteiger partial charge in [-0.2, -0.15) is 0 Å². The van der Waals surface area contributed by atoms with Crippen LogP contribution >= 0.6 is 0 Å². The van der Waals surface area contributed by atoms with E-state index in [1.807, 2.05) is 0 Å². The predicted octanol–water partition coefficient (Wildman–Crippen LogP) is 1.22. The molecule has 2 aromatic heterocycles. The summed E-state index contributed by atoms with van der Waals surface area (Å²) in [6.45, 7) is 2.52. The van der Waals surface area contributed by atoms with Crippen LogP contribution in [0.4, 0.5) is 5.69 Å². The van der Waals surface area contributed by atoms with Gasteiger partial charge in [0.25, 0.3) is 11.5 Å². The van der Waals surface area contributed by atoms with Crippen molar-refractivity contribution in [1.82, 2.24) is 19.0 Å². The number of hydrogen-bond donors (Lipinski definition) is 1. The van der Waals surface area contributed by atoms with Gasteiger partial charge in [-0.05, 0) is 42.8 Å². The largest absolute Gasteiger partial charge is 0.338 e. The van der Waals surface area contributed by atoms with Gasteiger partial charge in [-0.1, -0.05) is 0 Å². The van der Waals surface area contributed by atoms with Crippen molar-refractivity contribution in [2.24, 2.45) is 14.1 Å². The number of pyridine rings is 1. The lowest BCUT2D eigenvalue weighted by molar-refractivity contribution is -0.114. The molecule has 3 heterocycles. The number of amides is 2. The highest BCUT2D eigenvalue weighted by atomic mass is 16.2. The van der Waals surface area contributed by atoms with Crippen molar-refractivity contribution in [1.29, 1.82) is 0 Å². The molecule has 4 rings (SSSR count). The van der Waals surface area contributed by atoms with Crippen LogP contribution in [0, 0.1) is 0 Å². The summed E-state index contributed by atoms with van der Waals surface area (Å²) in [5.41, 5.74) is 1.50. The summed E-state index contributed by atoms with van der Waals surface area (Å²) in [5, 5.41) is 3.07. The second-order valence-corrected chi connectivity index (χ2v) is 7.81. The van der Waals surface area contributed by atoms with Crippen LogP contribution in [0.1, 0.15) is 35.3 Å². The minimum Gasteiger partial charge on any atom is -0.338 e. The van der Waals surface area contributed by atoms with E-state index in [2.05, 4.69) is 10.3 Å². The Labute approximate surface area is 177 Å². The summed E-state index contributed by atoms with van der Waals surface area (Å²) < 4.78 is 2.44. The topological polar surface area (TPSA) is 106 Å². The molecule has 0 radical (unpaired) electrons. The Bertz CT molecular complexity index is 1310. The number of aryl methyl sites for hydroxylation is 1. The minimum absolute atomic E-state index is 0.0196. The van der Waals surface area contributed by atoms with E-state index in [9.17, 15) is 19.2 Å². The molecule has 1 aliphatic heterocycles. The number of likely N-dealkylation sites (tertiary alicyclic amines) is 1. The van der Waals surface area contributed by atoms with E-state index in [0.717, 1.165) is 16.7 Å². The third-order valence-corrected chi connectivity index (χ3v) is 5.67. The van der Waals surface area contributed by atoms with Crippen molar-refractivity contribution in [3.63, 3.8) is 0 Å². The maximum atomic E-state index is 12.9. The molecule has 0 bridgehead atoms. The number of anilines is 1. The number of nitrogens with one attached hydrogen (secondary N) is 1. The van der Waals surface area contributed by atoms with Crippen LogP contribution in [-0.4, -0.2) is 43.9 Å². The van der Waals surface area contributed by atoms with Gasteiger partial charge in [0.2, 0.25) is 5.91 Å². The molecular formula is C22H23N5O4. The number of carbonyl (C=O) groups excluding carboxylic acids is 2. The number of aromatic nitrogens is 3. The van der Waals surface area contributed by atoms with E-state index < -0.39 is 5.69 Å². The van der Waals surface area contributed by atoms with Crippen molar-refractivity contribution in [2.75, 3.05) is 18.4 Å². The Hall–Kier alpha value is -3.75. The third kappa shape index (κ3) is 3.74. The molecule has 1 aromatic carbocycles. The van der Waals surface area contributed by atoms with E-state index in [-0.39, 0.29) is 23.3 Å². The molecule has 1 saturated heterocycles. The standard InChI is InChI=1S/C22H23N5O4/c1-13(28)23-16-6-4-14(5-7-16)20(29)27-11-10-15(12-27)18-9-8-17-19(24-18)25(2)22(31)26(3)21(17)30/h4-9,15H,10-12H2,1-3H3,(H,23,28). The summed E-state index contributed by atoms with van der Waals surface area (Å²) in [6.07, 6.45) is 0.743. The summed E-state index contributed by atoms with van der Waals surface area (Å²) in [4.78, 5) is 55.0. The lowest BCUT2D eigenvalue weighted by Crippen LogP contribution is -2.37. The molecule has 160 valence electrons. The predicted molar refractivity (Wildman–Crippen MR) is 116 cm³/mol. The number of carbonyl (C=O) groups is 2. The molecule has 31 heavy (non-hydrogen) atoms. The molecule has 1 atom stereocenters. The Morgan fingerprint density at radius 1 is 1.03 bits per heavy atom. The Morgan fingerprint density at radius 2 is 1.74 bits per heavy atom. The molecule has 9 heteroatoms.